The molecule has 3 rings (SSSR count). The van der Waals surface area contributed by atoms with E-state index in [1.165, 1.54) is 37.6 Å². The van der Waals surface area contributed by atoms with Crippen LogP contribution < -0.4 is 10.1 Å². The third-order valence-corrected chi connectivity index (χ3v) is 4.87. The van der Waals surface area contributed by atoms with E-state index < -0.39 is 17.5 Å². The summed E-state index contributed by atoms with van der Waals surface area (Å²) >= 11 is 1.33. The molecule has 10 heteroatoms. The number of alkyl halides is 2. The third-order valence-electron chi connectivity index (χ3n) is 3.39. The van der Waals surface area contributed by atoms with E-state index in [0.717, 1.165) is 11.3 Å². The van der Waals surface area contributed by atoms with Crippen LogP contribution in [0.2, 0.25) is 0 Å². The number of hydrogen-bond donors (Lipinski definition) is 1. The van der Waals surface area contributed by atoms with Crippen molar-refractivity contribution in [3.63, 3.8) is 0 Å². The van der Waals surface area contributed by atoms with Gasteiger partial charge in [0.1, 0.15) is 5.03 Å². The monoisotopic (exact) mass is 411 g/mol. The van der Waals surface area contributed by atoms with Crippen molar-refractivity contribution in [2.75, 3.05) is 12.4 Å². The van der Waals surface area contributed by atoms with E-state index in [4.69, 9.17) is 4.74 Å². The number of aromatic nitrogens is 2. The third kappa shape index (κ3) is 4.58. The highest BCUT2D eigenvalue weighted by Gasteiger charge is 2.18. The number of halogens is 3. The molecule has 0 unspecified atom stereocenters. The van der Waals surface area contributed by atoms with Gasteiger partial charge in [0.2, 0.25) is 0 Å². The molecule has 2 heterocycles. The van der Waals surface area contributed by atoms with Gasteiger partial charge in [-0.25, -0.2) is 14.4 Å². The fourth-order valence-electron chi connectivity index (χ4n) is 2.20. The summed E-state index contributed by atoms with van der Waals surface area (Å²) in [5.74, 6) is -3.71. The summed E-state index contributed by atoms with van der Waals surface area (Å²) in [7, 11) is 1.37. The van der Waals surface area contributed by atoms with Gasteiger partial charge in [0.15, 0.2) is 16.7 Å². The van der Waals surface area contributed by atoms with Gasteiger partial charge in [-0.15, -0.1) is 11.3 Å². The first-order valence-electron chi connectivity index (χ1n) is 7.48. The molecule has 0 atom stereocenters. The van der Waals surface area contributed by atoms with Crippen LogP contribution in [0, 0.1) is 5.82 Å². The number of rotatable bonds is 6. The van der Waals surface area contributed by atoms with Gasteiger partial charge in [0.25, 0.3) is 11.7 Å². The number of hydrogen-bond acceptors (Lipinski definition) is 6. The Morgan fingerprint density at radius 1 is 1.33 bits per heavy atom. The van der Waals surface area contributed by atoms with Gasteiger partial charge < -0.3 is 4.74 Å². The Labute approximate surface area is 160 Å². The van der Waals surface area contributed by atoms with E-state index >= 15 is 0 Å². The number of anilines is 1. The molecule has 0 radical (unpaired) electrons. The zero-order valence-electron chi connectivity index (χ0n) is 13.8. The van der Waals surface area contributed by atoms with Gasteiger partial charge >= 0.3 is 0 Å². The average Bonchev–Trinajstić information content (AvgIpc) is 3.10. The molecule has 5 nitrogen and oxygen atoms in total. The second-order valence-electron chi connectivity index (χ2n) is 5.08. The maximum absolute atomic E-state index is 13.8. The summed E-state index contributed by atoms with van der Waals surface area (Å²) in [5, 5.41) is 4.38. The summed E-state index contributed by atoms with van der Waals surface area (Å²) in [6.45, 7) is 0. The van der Waals surface area contributed by atoms with Crippen molar-refractivity contribution in [2.24, 2.45) is 0 Å². The van der Waals surface area contributed by atoms with Crippen LogP contribution in [0.15, 0.2) is 46.9 Å². The van der Waals surface area contributed by atoms with Crippen molar-refractivity contribution in [1.29, 1.82) is 0 Å². The van der Waals surface area contributed by atoms with Crippen molar-refractivity contribution in [1.82, 2.24) is 9.97 Å². The second-order valence-corrected chi connectivity index (χ2v) is 6.91. The van der Waals surface area contributed by atoms with Crippen molar-refractivity contribution < 1.29 is 22.7 Å². The average molecular weight is 411 g/mol. The lowest BCUT2D eigenvalue weighted by Crippen LogP contribution is -2.13. The summed E-state index contributed by atoms with van der Waals surface area (Å²) in [6.07, 6.45) is 1.33. The lowest BCUT2D eigenvalue weighted by molar-refractivity contribution is 0.102. The first-order valence-corrected chi connectivity index (χ1v) is 9.24. The lowest BCUT2D eigenvalue weighted by atomic mass is 10.1. The fourth-order valence-corrected chi connectivity index (χ4v) is 3.49. The summed E-state index contributed by atoms with van der Waals surface area (Å²) < 4.78 is 43.9. The number of benzene rings is 1. The van der Waals surface area contributed by atoms with Crippen LogP contribution in [-0.2, 0) is 0 Å². The number of carbonyl (C=O) groups is 1. The molecule has 1 amide bonds. The molecule has 0 aliphatic rings. The van der Waals surface area contributed by atoms with Crippen LogP contribution in [0.4, 0.5) is 18.3 Å². The number of carbonyl (C=O) groups excluding carboxylic acids is 1. The molecule has 0 fully saturated rings. The van der Waals surface area contributed by atoms with E-state index in [-0.39, 0.29) is 33.2 Å². The Morgan fingerprint density at radius 2 is 2.15 bits per heavy atom. The number of pyridine rings is 1. The molecule has 27 heavy (non-hydrogen) atoms. The first-order chi connectivity index (χ1) is 13.0. The molecule has 140 valence electrons. The Morgan fingerprint density at radius 3 is 2.85 bits per heavy atom. The standard InChI is InChI=1S/C17H12F3N3O2S2/c1-25-13-5-4-9(7-11(13)18)12-8-26-17(22-12)23-14(24)10-3-2-6-21-15(10)27-16(19)20/h2-8,16H,1H3,(H,22,23,24). The van der Waals surface area contributed by atoms with Crippen LogP contribution in [0.5, 0.6) is 5.75 Å². The fraction of sp³-hybridized carbons (Fsp3) is 0.118. The molecule has 0 saturated heterocycles. The first kappa shape index (κ1) is 19.2. The Hall–Kier alpha value is -2.59. The molecule has 0 bridgehead atoms. The number of amides is 1. The number of nitrogens with zero attached hydrogens (tertiary/aromatic N) is 2. The molecule has 1 aromatic carbocycles. The quantitative estimate of drug-likeness (QED) is 0.584. The second kappa shape index (κ2) is 8.40. The van der Waals surface area contributed by atoms with E-state index in [1.54, 1.807) is 11.4 Å². The van der Waals surface area contributed by atoms with Gasteiger partial charge in [-0.05, 0) is 42.1 Å². The van der Waals surface area contributed by atoms with Crippen LogP contribution in [0.25, 0.3) is 11.3 Å². The topological polar surface area (TPSA) is 64.1 Å². The minimum absolute atomic E-state index is 0.0232. The normalized spacial score (nSPS) is 10.9. The van der Waals surface area contributed by atoms with E-state index in [9.17, 15) is 18.0 Å². The molecule has 1 N–H and O–H groups in total. The SMILES string of the molecule is COc1ccc(-c2csc(NC(=O)c3cccnc3SC(F)F)n2)cc1F. The summed E-state index contributed by atoms with van der Waals surface area (Å²) in [5.41, 5.74) is 1.00. The number of methoxy groups -OCH3 is 1. The highest BCUT2D eigenvalue weighted by atomic mass is 32.2. The molecule has 3 aromatic rings. The minimum atomic E-state index is -2.69. The molecule has 0 saturated carbocycles. The van der Waals surface area contributed by atoms with Gasteiger partial charge in [0.05, 0.1) is 18.4 Å². The number of ether oxygens (including phenoxy) is 1. The summed E-state index contributed by atoms with van der Waals surface area (Å²) in [6, 6.07) is 7.28. The molecular formula is C17H12F3N3O2S2. The van der Waals surface area contributed by atoms with Crippen LogP contribution >= 0.6 is 23.1 Å². The van der Waals surface area contributed by atoms with Crippen molar-refractivity contribution in [2.45, 2.75) is 10.8 Å². The van der Waals surface area contributed by atoms with E-state index in [1.807, 2.05) is 0 Å². The Kier molecular flexibility index (Phi) is 5.97. The number of thiazole rings is 1. The maximum Gasteiger partial charge on any atom is 0.290 e. The largest absolute Gasteiger partial charge is 0.494 e. The smallest absolute Gasteiger partial charge is 0.290 e. The summed E-state index contributed by atoms with van der Waals surface area (Å²) in [4.78, 5) is 20.4. The maximum atomic E-state index is 13.8. The van der Waals surface area contributed by atoms with Crippen LogP contribution in [0.1, 0.15) is 10.4 Å². The highest BCUT2D eigenvalue weighted by molar-refractivity contribution is 7.99. The number of nitrogens with one attached hydrogen (secondary N) is 1. The molecule has 0 aliphatic heterocycles. The van der Waals surface area contributed by atoms with Gasteiger partial charge in [0, 0.05) is 17.1 Å². The minimum Gasteiger partial charge on any atom is -0.494 e. The molecule has 0 spiro atoms. The van der Waals surface area contributed by atoms with Crippen LogP contribution in [-0.4, -0.2) is 28.7 Å². The van der Waals surface area contributed by atoms with E-state index in [2.05, 4.69) is 15.3 Å². The van der Waals surface area contributed by atoms with Gasteiger partial charge in [-0.3, -0.25) is 10.1 Å². The molecule has 0 aliphatic carbocycles. The van der Waals surface area contributed by atoms with Gasteiger partial charge in [-0.1, -0.05) is 0 Å². The Bertz CT molecular complexity index is 966. The molecule has 2 aromatic heterocycles. The van der Waals surface area contributed by atoms with Crippen molar-refractivity contribution >= 4 is 34.1 Å². The molecular weight excluding hydrogens is 399 g/mol. The van der Waals surface area contributed by atoms with Crippen LogP contribution in [0.3, 0.4) is 0 Å². The zero-order chi connectivity index (χ0) is 19.4. The zero-order valence-corrected chi connectivity index (χ0v) is 15.4. The number of thioether (sulfide) groups is 1. The predicted molar refractivity (Wildman–Crippen MR) is 98.1 cm³/mol. The van der Waals surface area contributed by atoms with Crippen molar-refractivity contribution in [3.05, 3.63) is 53.3 Å². The Balaban J connectivity index is 1.78. The highest BCUT2D eigenvalue weighted by Crippen LogP contribution is 2.30. The van der Waals surface area contributed by atoms with Crippen molar-refractivity contribution in [3.8, 4) is 17.0 Å². The van der Waals surface area contributed by atoms with Gasteiger partial charge in [-0.2, -0.15) is 8.78 Å². The van der Waals surface area contributed by atoms with E-state index in [0.29, 0.717) is 11.3 Å². The lowest BCUT2D eigenvalue weighted by Gasteiger charge is -2.06. The predicted octanol–water partition coefficient (Wildman–Crippen LogP) is 4.92.